The number of sulfonamides is 1. The smallest absolute Gasteiger partial charge is 0.242 e. The van der Waals surface area contributed by atoms with Crippen molar-refractivity contribution in [2.45, 2.75) is 31.6 Å². The SMILES string of the molecule is CC(C)CCCNS(=O)(=O)c1ccc(Cl)cc1N. The molecule has 0 heterocycles. The third kappa shape index (κ3) is 4.48. The van der Waals surface area contributed by atoms with Crippen LogP contribution in [0.5, 0.6) is 0 Å². The Hall–Kier alpha value is -0.780. The summed E-state index contributed by atoms with van der Waals surface area (Å²) >= 11 is 5.73. The summed E-state index contributed by atoms with van der Waals surface area (Å²) in [5, 5.41) is 0.422. The first-order chi connectivity index (χ1) is 8.33. The van der Waals surface area contributed by atoms with E-state index in [1.807, 2.05) is 0 Å². The lowest BCUT2D eigenvalue weighted by molar-refractivity contribution is 0.540. The largest absolute Gasteiger partial charge is 0.398 e. The molecule has 0 saturated carbocycles. The van der Waals surface area contributed by atoms with Gasteiger partial charge >= 0.3 is 0 Å². The lowest BCUT2D eigenvalue weighted by Crippen LogP contribution is -2.25. The first kappa shape index (κ1) is 15.3. The summed E-state index contributed by atoms with van der Waals surface area (Å²) < 4.78 is 26.5. The molecule has 0 atom stereocenters. The molecule has 0 saturated heterocycles. The number of nitrogens with two attached hydrogens (primary N) is 1. The van der Waals surface area contributed by atoms with Gasteiger partial charge in [0, 0.05) is 11.6 Å². The van der Waals surface area contributed by atoms with Gasteiger partial charge in [-0.15, -0.1) is 0 Å². The van der Waals surface area contributed by atoms with Crippen LogP contribution in [0.2, 0.25) is 5.02 Å². The van der Waals surface area contributed by atoms with Crippen molar-refractivity contribution in [3.63, 3.8) is 0 Å². The Morgan fingerprint density at radius 3 is 2.61 bits per heavy atom. The van der Waals surface area contributed by atoms with Gasteiger partial charge in [0.2, 0.25) is 10.0 Å². The van der Waals surface area contributed by atoms with Crippen LogP contribution in [0.1, 0.15) is 26.7 Å². The Bertz CT molecular complexity index is 501. The van der Waals surface area contributed by atoms with Gasteiger partial charge in [-0.2, -0.15) is 0 Å². The Labute approximate surface area is 114 Å². The Balaban J connectivity index is 2.69. The van der Waals surface area contributed by atoms with Crippen LogP contribution in [0.4, 0.5) is 5.69 Å². The number of nitrogen functional groups attached to an aromatic ring is 1. The van der Waals surface area contributed by atoms with Crippen molar-refractivity contribution in [2.24, 2.45) is 5.92 Å². The molecule has 0 radical (unpaired) electrons. The summed E-state index contributed by atoms with van der Waals surface area (Å²) in [4.78, 5) is 0.0800. The van der Waals surface area contributed by atoms with Crippen LogP contribution in [-0.4, -0.2) is 15.0 Å². The number of nitrogens with one attached hydrogen (secondary N) is 1. The van der Waals surface area contributed by atoms with Crippen molar-refractivity contribution in [2.75, 3.05) is 12.3 Å². The van der Waals surface area contributed by atoms with Crippen LogP contribution in [-0.2, 0) is 10.0 Å². The zero-order valence-corrected chi connectivity index (χ0v) is 12.2. The Morgan fingerprint density at radius 2 is 2.06 bits per heavy atom. The standard InChI is InChI=1S/C12H19ClN2O2S/c1-9(2)4-3-7-15-18(16,17)12-6-5-10(13)8-11(12)14/h5-6,8-9,15H,3-4,7,14H2,1-2H3. The normalized spacial score (nSPS) is 12.0. The molecule has 0 aliphatic rings. The van der Waals surface area contributed by atoms with E-state index in [4.69, 9.17) is 17.3 Å². The van der Waals surface area contributed by atoms with E-state index in [9.17, 15) is 8.42 Å². The molecule has 1 aromatic rings. The summed E-state index contributed by atoms with van der Waals surface area (Å²) in [6.07, 6.45) is 1.79. The fourth-order valence-corrected chi connectivity index (χ4v) is 2.92. The van der Waals surface area contributed by atoms with Gasteiger partial charge in [0.15, 0.2) is 0 Å². The third-order valence-electron chi connectivity index (χ3n) is 2.51. The molecule has 102 valence electrons. The van der Waals surface area contributed by atoms with Crippen molar-refractivity contribution < 1.29 is 8.42 Å². The van der Waals surface area contributed by atoms with E-state index in [1.165, 1.54) is 18.2 Å². The van der Waals surface area contributed by atoms with Gasteiger partial charge in [0.05, 0.1) is 5.69 Å². The highest BCUT2D eigenvalue weighted by molar-refractivity contribution is 7.89. The molecule has 0 unspecified atom stereocenters. The molecule has 0 spiro atoms. The van der Waals surface area contributed by atoms with E-state index in [0.29, 0.717) is 17.5 Å². The van der Waals surface area contributed by atoms with Gasteiger partial charge in [0.25, 0.3) is 0 Å². The molecule has 0 aliphatic carbocycles. The monoisotopic (exact) mass is 290 g/mol. The number of benzene rings is 1. The summed E-state index contributed by atoms with van der Waals surface area (Å²) in [5.41, 5.74) is 5.82. The molecule has 0 aromatic heterocycles. The number of halogens is 1. The Kier molecular flexibility index (Phi) is 5.44. The first-order valence-electron chi connectivity index (χ1n) is 5.87. The minimum absolute atomic E-state index is 0.0800. The van der Waals surface area contributed by atoms with Crippen LogP contribution in [0.3, 0.4) is 0 Å². The Morgan fingerprint density at radius 1 is 1.39 bits per heavy atom. The molecule has 3 N–H and O–H groups in total. The molecule has 0 aliphatic heterocycles. The number of hydrogen-bond acceptors (Lipinski definition) is 3. The van der Waals surface area contributed by atoms with E-state index in [-0.39, 0.29) is 10.6 Å². The fourth-order valence-electron chi connectivity index (χ4n) is 1.56. The molecule has 0 fully saturated rings. The van der Waals surface area contributed by atoms with Crippen molar-refractivity contribution in [3.05, 3.63) is 23.2 Å². The van der Waals surface area contributed by atoms with Gasteiger partial charge in [-0.25, -0.2) is 13.1 Å². The third-order valence-corrected chi connectivity index (χ3v) is 4.28. The fraction of sp³-hybridized carbons (Fsp3) is 0.500. The van der Waals surface area contributed by atoms with Gasteiger partial charge in [-0.3, -0.25) is 0 Å². The summed E-state index contributed by atoms with van der Waals surface area (Å²) in [7, 11) is -3.54. The molecular formula is C12H19ClN2O2S. The molecule has 1 rings (SSSR count). The molecule has 4 nitrogen and oxygen atoms in total. The van der Waals surface area contributed by atoms with Crippen molar-refractivity contribution in [1.29, 1.82) is 0 Å². The van der Waals surface area contributed by atoms with Gasteiger partial charge in [-0.05, 0) is 37.0 Å². The lowest BCUT2D eigenvalue weighted by Gasteiger charge is -2.10. The first-order valence-corrected chi connectivity index (χ1v) is 7.73. The highest BCUT2D eigenvalue weighted by atomic mass is 35.5. The second-order valence-corrected chi connectivity index (χ2v) is 6.79. The predicted molar refractivity (Wildman–Crippen MR) is 75.1 cm³/mol. The van der Waals surface area contributed by atoms with Crippen LogP contribution in [0.25, 0.3) is 0 Å². The maximum Gasteiger partial charge on any atom is 0.242 e. The van der Waals surface area contributed by atoms with Crippen molar-refractivity contribution in [1.82, 2.24) is 4.72 Å². The number of rotatable bonds is 6. The molecule has 0 amide bonds. The van der Waals surface area contributed by atoms with Gasteiger partial charge in [0.1, 0.15) is 4.90 Å². The van der Waals surface area contributed by atoms with Crippen LogP contribution in [0.15, 0.2) is 23.1 Å². The van der Waals surface area contributed by atoms with E-state index in [2.05, 4.69) is 18.6 Å². The van der Waals surface area contributed by atoms with Gasteiger partial charge in [-0.1, -0.05) is 25.4 Å². The summed E-state index contributed by atoms with van der Waals surface area (Å²) in [5.74, 6) is 0.565. The quantitative estimate of drug-likeness (QED) is 0.625. The van der Waals surface area contributed by atoms with E-state index in [0.717, 1.165) is 12.8 Å². The minimum Gasteiger partial charge on any atom is -0.398 e. The van der Waals surface area contributed by atoms with Crippen molar-refractivity contribution in [3.8, 4) is 0 Å². The zero-order valence-electron chi connectivity index (χ0n) is 10.6. The predicted octanol–water partition coefficient (Wildman–Crippen LogP) is 2.64. The average molecular weight is 291 g/mol. The molecular weight excluding hydrogens is 272 g/mol. The highest BCUT2D eigenvalue weighted by Gasteiger charge is 2.16. The van der Waals surface area contributed by atoms with Crippen LogP contribution >= 0.6 is 11.6 Å². The minimum atomic E-state index is -3.54. The van der Waals surface area contributed by atoms with Crippen LogP contribution < -0.4 is 10.5 Å². The number of hydrogen-bond donors (Lipinski definition) is 2. The van der Waals surface area contributed by atoms with Crippen LogP contribution in [0, 0.1) is 5.92 Å². The lowest BCUT2D eigenvalue weighted by atomic mass is 10.1. The van der Waals surface area contributed by atoms with Crippen molar-refractivity contribution >= 4 is 27.3 Å². The molecule has 1 aromatic carbocycles. The highest BCUT2D eigenvalue weighted by Crippen LogP contribution is 2.22. The summed E-state index contributed by atoms with van der Waals surface area (Å²) in [6, 6.07) is 4.37. The molecule has 6 heteroatoms. The summed E-state index contributed by atoms with van der Waals surface area (Å²) in [6.45, 7) is 4.62. The topological polar surface area (TPSA) is 72.2 Å². The van der Waals surface area contributed by atoms with E-state index in [1.54, 1.807) is 0 Å². The average Bonchev–Trinajstić information content (AvgIpc) is 2.23. The molecule has 0 bridgehead atoms. The molecule has 18 heavy (non-hydrogen) atoms. The van der Waals surface area contributed by atoms with Gasteiger partial charge < -0.3 is 5.73 Å². The zero-order chi connectivity index (χ0) is 13.8. The van der Waals surface area contributed by atoms with E-state index >= 15 is 0 Å². The van der Waals surface area contributed by atoms with E-state index < -0.39 is 10.0 Å². The number of anilines is 1. The second kappa shape index (κ2) is 6.41. The second-order valence-electron chi connectivity index (χ2n) is 4.62. The maximum absolute atomic E-state index is 12.0. The maximum atomic E-state index is 12.0.